The third kappa shape index (κ3) is 5.45. The minimum absolute atomic E-state index is 0.123. The van der Waals surface area contributed by atoms with Crippen LogP contribution in [0.3, 0.4) is 0 Å². The molecule has 0 atom stereocenters. The number of carbonyl (C=O) groups is 2. The monoisotopic (exact) mass is 436 g/mol. The van der Waals surface area contributed by atoms with Crippen molar-refractivity contribution in [2.45, 2.75) is 53.4 Å². The molecule has 2 heterocycles. The van der Waals surface area contributed by atoms with Gasteiger partial charge in [-0.3, -0.25) is 14.3 Å². The third-order valence-electron chi connectivity index (χ3n) is 4.56. The van der Waals surface area contributed by atoms with E-state index in [1.807, 2.05) is 19.1 Å². The van der Waals surface area contributed by atoms with Crippen LogP contribution in [-0.2, 0) is 27.4 Å². The summed E-state index contributed by atoms with van der Waals surface area (Å²) in [4.78, 5) is 33.4. The van der Waals surface area contributed by atoms with Gasteiger partial charge < -0.3 is 9.47 Å². The van der Waals surface area contributed by atoms with Crippen molar-refractivity contribution >= 4 is 22.7 Å². The van der Waals surface area contributed by atoms with Gasteiger partial charge in [-0.2, -0.15) is 5.10 Å². The van der Waals surface area contributed by atoms with Gasteiger partial charge in [0.15, 0.2) is 5.78 Å². The molecule has 8 nitrogen and oxygen atoms in total. The molecule has 0 spiro atoms. The summed E-state index contributed by atoms with van der Waals surface area (Å²) < 4.78 is 12.7. The summed E-state index contributed by atoms with van der Waals surface area (Å²) in [6.45, 7) is 12.8. The fourth-order valence-electron chi connectivity index (χ4n) is 3.35. The van der Waals surface area contributed by atoms with Gasteiger partial charge in [-0.25, -0.2) is 9.97 Å². The zero-order valence-electron chi connectivity index (χ0n) is 19.1. The summed E-state index contributed by atoms with van der Waals surface area (Å²) in [7, 11) is 0. The number of aromatic nitrogens is 4. The highest BCUT2D eigenvalue weighted by Crippen LogP contribution is 2.31. The molecular formula is C24H28N4O4. The molecule has 1 aromatic carbocycles. The summed E-state index contributed by atoms with van der Waals surface area (Å²) in [5, 5.41) is 5.09. The van der Waals surface area contributed by atoms with E-state index in [0.29, 0.717) is 23.3 Å². The van der Waals surface area contributed by atoms with Crippen molar-refractivity contribution in [2.75, 3.05) is 6.61 Å². The van der Waals surface area contributed by atoms with E-state index in [2.05, 4.69) is 21.6 Å². The SMILES string of the molecule is C=CCOCc1cc(-c2cnc(C)nc2)cc2c(C(C)=O)nn(CC(=O)OC(C)(C)C)c12. The highest BCUT2D eigenvalue weighted by Gasteiger charge is 2.23. The lowest BCUT2D eigenvalue weighted by molar-refractivity contribution is -0.155. The third-order valence-corrected chi connectivity index (χ3v) is 4.56. The summed E-state index contributed by atoms with van der Waals surface area (Å²) in [6, 6.07) is 3.81. The number of aryl methyl sites for hydroxylation is 1. The van der Waals surface area contributed by atoms with Crippen LogP contribution in [0, 0.1) is 6.92 Å². The molecule has 0 radical (unpaired) electrons. The Balaban J connectivity index is 2.17. The Morgan fingerprint density at radius 1 is 1.16 bits per heavy atom. The molecule has 0 fully saturated rings. The molecule has 3 aromatic rings. The van der Waals surface area contributed by atoms with Gasteiger partial charge in [0.2, 0.25) is 0 Å². The summed E-state index contributed by atoms with van der Waals surface area (Å²) in [5.74, 6) is 0.0261. The van der Waals surface area contributed by atoms with Crippen LogP contribution in [0.1, 0.15) is 49.6 Å². The van der Waals surface area contributed by atoms with Gasteiger partial charge in [-0.05, 0) is 45.4 Å². The predicted molar refractivity (Wildman–Crippen MR) is 121 cm³/mol. The molecule has 32 heavy (non-hydrogen) atoms. The van der Waals surface area contributed by atoms with Crippen LogP contribution in [0.15, 0.2) is 37.2 Å². The van der Waals surface area contributed by atoms with E-state index in [-0.39, 0.29) is 24.6 Å². The molecule has 8 heteroatoms. The Bertz CT molecular complexity index is 1160. The first-order valence-electron chi connectivity index (χ1n) is 10.3. The van der Waals surface area contributed by atoms with E-state index < -0.39 is 11.6 Å². The van der Waals surface area contributed by atoms with Crippen molar-refractivity contribution in [3.8, 4) is 11.1 Å². The van der Waals surface area contributed by atoms with Crippen molar-refractivity contribution < 1.29 is 19.1 Å². The van der Waals surface area contributed by atoms with Crippen LogP contribution in [-0.4, -0.2) is 43.7 Å². The lowest BCUT2D eigenvalue weighted by atomic mass is 10.0. The maximum atomic E-state index is 12.5. The second kappa shape index (κ2) is 9.40. The highest BCUT2D eigenvalue weighted by molar-refractivity contribution is 6.06. The summed E-state index contributed by atoms with van der Waals surface area (Å²) in [5.41, 5.74) is 2.72. The molecule has 0 saturated heterocycles. The van der Waals surface area contributed by atoms with E-state index in [4.69, 9.17) is 9.47 Å². The zero-order valence-corrected chi connectivity index (χ0v) is 19.1. The van der Waals surface area contributed by atoms with Crippen LogP contribution in [0.2, 0.25) is 0 Å². The van der Waals surface area contributed by atoms with Crippen LogP contribution >= 0.6 is 0 Å². The van der Waals surface area contributed by atoms with Gasteiger partial charge in [0.1, 0.15) is 23.7 Å². The van der Waals surface area contributed by atoms with E-state index in [1.54, 1.807) is 39.2 Å². The number of benzene rings is 1. The maximum absolute atomic E-state index is 12.5. The summed E-state index contributed by atoms with van der Waals surface area (Å²) in [6.07, 6.45) is 5.13. The average molecular weight is 437 g/mol. The van der Waals surface area contributed by atoms with E-state index >= 15 is 0 Å². The van der Waals surface area contributed by atoms with Gasteiger partial charge in [0.25, 0.3) is 0 Å². The van der Waals surface area contributed by atoms with E-state index in [1.165, 1.54) is 11.6 Å². The van der Waals surface area contributed by atoms with Gasteiger partial charge in [0, 0.05) is 35.8 Å². The topological polar surface area (TPSA) is 96.2 Å². The fraction of sp³-hybridized carbons (Fsp3) is 0.375. The number of hydrogen-bond acceptors (Lipinski definition) is 7. The standard InChI is InChI=1S/C24H28N4O4/c1-7-8-31-14-18-9-17(19-11-25-16(3)26-12-19)10-20-22(15(2)29)27-28(23(18)20)13-21(30)32-24(4,5)6/h7,9-12H,1,8,13-14H2,2-6H3. The fourth-order valence-corrected chi connectivity index (χ4v) is 3.35. The number of ether oxygens (including phenoxy) is 2. The number of ketones is 1. The first-order chi connectivity index (χ1) is 15.1. The lowest BCUT2D eigenvalue weighted by Gasteiger charge is -2.19. The van der Waals surface area contributed by atoms with Gasteiger partial charge in [-0.1, -0.05) is 6.08 Å². The minimum atomic E-state index is -0.627. The number of Topliss-reactive ketones (excluding diaryl/α,β-unsaturated/α-hetero) is 1. The number of esters is 1. The molecule has 0 saturated carbocycles. The van der Waals surface area contributed by atoms with Crippen molar-refractivity contribution in [3.05, 3.63) is 54.3 Å². The molecule has 0 unspecified atom stereocenters. The van der Waals surface area contributed by atoms with Gasteiger partial charge in [-0.15, -0.1) is 6.58 Å². The normalized spacial score (nSPS) is 11.5. The Morgan fingerprint density at radius 2 is 1.84 bits per heavy atom. The largest absolute Gasteiger partial charge is 0.459 e. The second-order valence-corrected chi connectivity index (χ2v) is 8.50. The highest BCUT2D eigenvalue weighted by atomic mass is 16.6. The number of fused-ring (bicyclic) bond motifs is 1. The van der Waals surface area contributed by atoms with Crippen LogP contribution in [0.4, 0.5) is 0 Å². The number of nitrogens with zero attached hydrogens (tertiary/aromatic N) is 4. The zero-order chi connectivity index (χ0) is 23.5. The molecule has 0 aliphatic heterocycles. The second-order valence-electron chi connectivity index (χ2n) is 8.50. The maximum Gasteiger partial charge on any atom is 0.328 e. The van der Waals surface area contributed by atoms with Gasteiger partial charge in [0.05, 0.1) is 18.7 Å². The van der Waals surface area contributed by atoms with Crippen LogP contribution in [0.5, 0.6) is 0 Å². The Kier molecular flexibility index (Phi) is 6.84. The van der Waals surface area contributed by atoms with Crippen LogP contribution in [0.25, 0.3) is 22.0 Å². The first kappa shape index (κ1) is 23.3. The minimum Gasteiger partial charge on any atom is -0.459 e. The molecule has 0 amide bonds. The van der Waals surface area contributed by atoms with Gasteiger partial charge >= 0.3 is 5.97 Å². The first-order valence-corrected chi connectivity index (χ1v) is 10.3. The Hall–Kier alpha value is -3.39. The number of carbonyl (C=O) groups excluding carboxylic acids is 2. The molecule has 0 aliphatic rings. The Labute approximate surface area is 187 Å². The summed E-state index contributed by atoms with van der Waals surface area (Å²) >= 11 is 0. The molecule has 168 valence electrons. The molecule has 0 bridgehead atoms. The van der Waals surface area contributed by atoms with Crippen molar-refractivity contribution in [1.82, 2.24) is 19.7 Å². The predicted octanol–water partition coefficient (Wildman–Crippen LogP) is 4.05. The molecule has 0 aliphatic carbocycles. The Morgan fingerprint density at radius 3 is 2.44 bits per heavy atom. The van der Waals surface area contributed by atoms with Crippen molar-refractivity contribution in [1.29, 1.82) is 0 Å². The van der Waals surface area contributed by atoms with Crippen molar-refractivity contribution in [2.24, 2.45) is 0 Å². The number of rotatable bonds is 8. The molecule has 0 N–H and O–H groups in total. The molecular weight excluding hydrogens is 408 g/mol. The number of hydrogen-bond donors (Lipinski definition) is 0. The molecule has 3 rings (SSSR count). The quantitative estimate of drug-likeness (QED) is 0.227. The smallest absolute Gasteiger partial charge is 0.328 e. The average Bonchev–Trinajstić information content (AvgIpc) is 3.06. The van der Waals surface area contributed by atoms with Crippen molar-refractivity contribution in [3.63, 3.8) is 0 Å². The molecule has 2 aromatic heterocycles. The van der Waals surface area contributed by atoms with E-state index in [0.717, 1.165) is 16.7 Å². The van der Waals surface area contributed by atoms with E-state index in [9.17, 15) is 9.59 Å². The lowest BCUT2D eigenvalue weighted by Crippen LogP contribution is -2.27. The van der Waals surface area contributed by atoms with Crippen LogP contribution < -0.4 is 0 Å².